The largest absolute Gasteiger partial charge is 0.405 e. The van der Waals surface area contributed by atoms with Crippen LogP contribution in [0.2, 0.25) is 0 Å². The summed E-state index contributed by atoms with van der Waals surface area (Å²) in [5.74, 6) is -0.760. The predicted octanol–water partition coefficient (Wildman–Crippen LogP) is 3.74. The van der Waals surface area contributed by atoms with Gasteiger partial charge in [-0.15, -0.1) is 0 Å². The molecule has 30 heavy (non-hydrogen) atoms. The first-order valence-corrected chi connectivity index (χ1v) is 9.16. The van der Waals surface area contributed by atoms with E-state index in [-0.39, 0.29) is 5.82 Å². The van der Waals surface area contributed by atoms with Crippen LogP contribution in [0.3, 0.4) is 0 Å². The van der Waals surface area contributed by atoms with Crippen LogP contribution in [0.25, 0.3) is 27.5 Å². The lowest BCUT2D eigenvalue weighted by atomic mass is 10.1. The van der Waals surface area contributed by atoms with E-state index in [0.717, 1.165) is 11.1 Å². The standard InChI is InChI=1S/C22H15FN4O3/c1-12-2-7-20-27(12)19-8-13(3-5-17(19)22(29)30-20)21(28)26-25-11-14-10-24-18-9-15(23)4-6-16(14)18/h2-11,24H,1H3,(H,26,28)/b25-11+. The fourth-order valence-corrected chi connectivity index (χ4v) is 3.54. The van der Waals surface area contributed by atoms with E-state index in [0.29, 0.717) is 33.3 Å². The van der Waals surface area contributed by atoms with E-state index in [2.05, 4.69) is 15.5 Å². The molecule has 148 valence electrons. The number of fused-ring (bicyclic) bond motifs is 4. The van der Waals surface area contributed by atoms with Crippen LogP contribution in [0.15, 0.2) is 69.0 Å². The van der Waals surface area contributed by atoms with E-state index in [9.17, 15) is 14.0 Å². The van der Waals surface area contributed by atoms with Crippen molar-refractivity contribution in [3.63, 3.8) is 0 Å². The summed E-state index contributed by atoms with van der Waals surface area (Å²) in [5.41, 5.74) is 5.60. The number of benzene rings is 2. The molecule has 0 fully saturated rings. The fourth-order valence-electron chi connectivity index (χ4n) is 3.54. The summed E-state index contributed by atoms with van der Waals surface area (Å²) in [5, 5.41) is 5.18. The Kier molecular flexibility index (Phi) is 3.99. The lowest BCUT2D eigenvalue weighted by Crippen LogP contribution is -2.18. The van der Waals surface area contributed by atoms with Crippen molar-refractivity contribution >= 4 is 39.6 Å². The van der Waals surface area contributed by atoms with Crippen LogP contribution in [0.5, 0.6) is 0 Å². The number of hydrazone groups is 1. The first-order chi connectivity index (χ1) is 14.5. The minimum absolute atomic E-state index is 0.335. The van der Waals surface area contributed by atoms with Gasteiger partial charge in [0, 0.05) is 40.0 Å². The van der Waals surface area contributed by atoms with Gasteiger partial charge in [-0.05, 0) is 49.4 Å². The van der Waals surface area contributed by atoms with Gasteiger partial charge in [-0.3, -0.25) is 9.20 Å². The second-order valence-corrected chi connectivity index (χ2v) is 6.90. The number of halogens is 1. The molecule has 1 amide bonds. The molecule has 0 aliphatic heterocycles. The van der Waals surface area contributed by atoms with Gasteiger partial charge in [0.15, 0.2) is 0 Å². The number of amides is 1. The van der Waals surface area contributed by atoms with E-state index in [1.54, 1.807) is 40.9 Å². The zero-order chi connectivity index (χ0) is 20.8. The Balaban J connectivity index is 1.46. The average Bonchev–Trinajstić information content (AvgIpc) is 3.30. The monoisotopic (exact) mass is 402 g/mol. The molecule has 5 rings (SSSR count). The zero-order valence-corrected chi connectivity index (χ0v) is 15.8. The summed E-state index contributed by atoms with van der Waals surface area (Å²) in [4.78, 5) is 27.7. The highest BCUT2D eigenvalue weighted by molar-refractivity contribution is 6.01. The third-order valence-electron chi connectivity index (χ3n) is 5.00. The summed E-state index contributed by atoms with van der Waals surface area (Å²) < 4.78 is 20.4. The van der Waals surface area contributed by atoms with E-state index in [4.69, 9.17) is 4.42 Å². The third-order valence-corrected chi connectivity index (χ3v) is 5.00. The molecule has 7 nitrogen and oxygen atoms in total. The molecule has 0 bridgehead atoms. The fraction of sp³-hybridized carbons (Fsp3) is 0.0455. The van der Waals surface area contributed by atoms with E-state index in [1.807, 2.05) is 13.0 Å². The Morgan fingerprint density at radius 1 is 1.17 bits per heavy atom. The van der Waals surface area contributed by atoms with Gasteiger partial charge in [0.05, 0.1) is 17.1 Å². The number of carbonyl (C=O) groups is 1. The van der Waals surface area contributed by atoms with Crippen LogP contribution in [0.4, 0.5) is 4.39 Å². The maximum Gasteiger partial charge on any atom is 0.346 e. The maximum atomic E-state index is 13.3. The number of hydrogen-bond acceptors (Lipinski definition) is 4. The Labute approximate surface area is 168 Å². The molecule has 5 aromatic rings. The molecule has 2 N–H and O–H groups in total. The molecule has 3 aromatic heterocycles. The topological polar surface area (TPSA) is 91.9 Å². The summed E-state index contributed by atoms with van der Waals surface area (Å²) >= 11 is 0. The second-order valence-electron chi connectivity index (χ2n) is 6.90. The molecule has 0 atom stereocenters. The smallest absolute Gasteiger partial charge is 0.346 e. The molecule has 0 saturated carbocycles. The van der Waals surface area contributed by atoms with Gasteiger partial charge in [0.25, 0.3) is 5.91 Å². The Morgan fingerprint density at radius 3 is 2.87 bits per heavy atom. The van der Waals surface area contributed by atoms with Crippen LogP contribution in [0, 0.1) is 12.7 Å². The lowest BCUT2D eigenvalue weighted by Gasteiger charge is -2.06. The maximum absolute atomic E-state index is 13.3. The molecule has 0 aliphatic carbocycles. The quantitative estimate of drug-likeness (QED) is 0.356. The number of carbonyl (C=O) groups excluding carboxylic acids is 1. The first kappa shape index (κ1) is 17.9. The van der Waals surface area contributed by atoms with Gasteiger partial charge in [-0.2, -0.15) is 5.10 Å². The molecule has 0 unspecified atom stereocenters. The highest BCUT2D eigenvalue weighted by Crippen LogP contribution is 2.19. The number of nitrogens with one attached hydrogen (secondary N) is 2. The van der Waals surface area contributed by atoms with Crippen molar-refractivity contribution in [2.45, 2.75) is 6.92 Å². The normalized spacial score (nSPS) is 11.8. The zero-order valence-electron chi connectivity index (χ0n) is 15.8. The van der Waals surface area contributed by atoms with E-state index < -0.39 is 11.5 Å². The first-order valence-electron chi connectivity index (χ1n) is 9.16. The van der Waals surface area contributed by atoms with Crippen LogP contribution in [-0.2, 0) is 0 Å². The summed E-state index contributed by atoms with van der Waals surface area (Å²) in [6, 6.07) is 12.7. The minimum atomic E-state index is -0.462. The van der Waals surface area contributed by atoms with Gasteiger partial charge < -0.3 is 9.40 Å². The molecule has 0 aliphatic rings. The van der Waals surface area contributed by atoms with Crippen molar-refractivity contribution in [1.82, 2.24) is 14.8 Å². The second kappa shape index (κ2) is 6.70. The average molecular weight is 402 g/mol. The van der Waals surface area contributed by atoms with Crippen LogP contribution >= 0.6 is 0 Å². The number of aromatic amines is 1. The van der Waals surface area contributed by atoms with Gasteiger partial charge in [-0.25, -0.2) is 14.6 Å². The van der Waals surface area contributed by atoms with Crippen molar-refractivity contribution in [2.75, 3.05) is 0 Å². The Morgan fingerprint density at radius 2 is 2.00 bits per heavy atom. The summed E-state index contributed by atoms with van der Waals surface area (Å²) in [6.45, 7) is 1.89. The van der Waals surface area contributed by atoms with E-state index >= 15 is 0 Å². The molecule has 3 heterocycles. The highest BCUT2D eigenvalue weighted by Gasteiger charge is 2.12. The van der Waals surface area contributed by atoms with Crippen LogP contribution < -0.4 is 11.1 Å². The number of H-pyrrole nitrogens is 1. The van der Waals surface area contributed by atoms with Gasteiger partial charge in [-0.1, -0.05) is 0 Å². The molecule has 0 saturated heterocycles. The van der Waals surface area contributed by atoms with Gasteiger partial charge >= 0.3 is 5.63 Å². The summed E-state index contributed by atoms with van der Waals surface area (Å²) in [7, 11) is 0. The van der Waals surface area contributed by atoms with E-state index in [1.165, 1.54) is 18.3 Å². The molecule has 0 radical (unpaired) electrons. The Bertz CT molecular complexity index is 1540. The molecule has 8 heteroatoms. The number of hydrogen-bond donors (Lipinski definition) is 2. The predicted molar refractivity (Wildman–Crippen MR) is 111 cm³/mol. The van der Waals surface area contributed by atoms with Crippen molar-refractivity contribution < 1.29 is 13.6 Å². The van der Waals surface area contributed by atoms with Crippen LogP contribution in [0.1, 0.15) is 21.6 Å². The number of nitrogens with zero attached hydrogens (tertiary/aromatic N) is 2. The van der Waals surface area contributed by atoms with Crippen molar-refractivity contribution in [2.24, 2.45) is 5.10 Å². The molecule has 0 spiro atoms. The SMILES string of the molecule is Cc1ccc2oc(=O)c3ccc(C(=O)N/N=C/c4c[nH]c5cc(F)ccc45)cc3n12. The molecular weight excluding hydrogens is 387 g/mol. The molecular formula is C22H15FN4O3. The lowest BCUT2D eigenvalue weighted by molar-refractivity contribution is 0.0955. The highest BCUT2D eigenvalue weighted by atomic mass is 19.1. The van der Waals surface area contributed by atoms with Crippen molar-refractivity contribution in [3.05, 3.63) is 87.8 Å². The Hall–Kier alpha value is -4.20. The minimum Gasteiger partial charge on any atom is -0.405 e. The van der Waals surface area contributed by atoms with Gasteiger partial charge in [0.1, 0.15) is 5.82 Å². The number of rotatable bonds is 3. The molecule has 2 aromatic carbocycles. The summed E-state index contributed by atoms with van der Waals surface area (Å²) in [6.07, 6.45) is 3.17. The van der Waals surface area contributed by atoms with Crippen molar-refractivity contribution in [1.29, 1.82) is 0 Å². The number of aryl methyl sites for hydroxylation is 1. The third kappa shape index (κ3) is 2.86. The van der Waals surface area contributed by atoms with Crippen LogP contribution in [-0.4, -0.2) is 21.5 Å². The van der Waals surface area contributed by atoms with Gasteiger partial charge in [0.2, 0.25) is 5.71 Å². The van der Waals surface area contributed by atoms with Crippen molar-refractivity contribution in [3.8, 4) is 0 Å². The number of aromatic nitrogens is 2.